The second-order valence-electron chi connectivity index (χ2n) is 5.29. The van der Waals surface area contributed by atoms with E-state index in [1.54, 1.807) is 6.20 Å². The molecule has 1 N–H and O–H groups in total. The number of fused-ring (bicyclic) bond motifs is 1. The minimum absolute atomic E-state index is 0.0637. The molecule has 0 amide bonds. The summed E-state index contributed by atoms with van der Waals surface area (Å²) in [4.78, 5) is 4.29. The zero-order valence-electron chi connectivity index (χ0n) is 11.8. The highest BCUT2D eigenvalue weighted by molar-refractivity contribution is 5.33. The van der Waals surface area contributed by atoms with Crippen LogP contribution in [0.1, 0.15) is 22.6 Å². The largest absolute Gasteiger partial charge is 0.416 e. The number of hydrogen-bond donors (Lipinski definition) is 1. The maximum Gasteiger partial charge on any atom is 0.416 e. The molecule has 2 heterocycles. The van der Waals surface area contributed by atoms with Gasteiger partial charge in [0.25, 0.3) is 0 Å². The van der Waals surface area contributed by atoms with Crippen LogP contribution < -0.4 is 5.32 Å². The molecule has 0 radical (unpaired) electrons. The summed E-state index contributed by atoms with van der Waals surface area (Å²) < 4.78 is 54.3. The van der Waals surface area contributed by atoms with Crippen molar-refractivity contribution in [1.29, 1.82) is 0 Å². The number of alkyl halides is 3. The molecule has 0 spiro atoms. The molecular weight excluding hydrogens is 298 g/mol. The maximum atomic E-state index is 13.2. The molecule has 0 bridgehead atoms. The first kappa shape index (κ1) is 15.0. The average Bonchev–Trinajstić information content (AvgIpc) is 2.68. The van der Waals surface area contributed by atoms with Gasteiger partial charge in [0.05, 0.1) is 5.56 Å². The van der Waals surface area contributed by atoms with Crippen LogP contribution in [0.5, 0.6) is 0 Å². The van der Waals surface area contributed by atoms with Gasteiger partial charge in [-0.3, -0.25) is 0 Å². The lowest BCUT2D eigenvalue weighted by atomic mass is 10.0. The molecule has 1 aromatic heterocycles. The van der Waals surface area contributed by atoms with Crippen molar-refractivity contribution in [3.05, 3.63) is 52.9 Å². The van der Waals surface area contributed by atoms with Crippen LogP contribution in [-0.4, -0.2) is 22.6 Å². The Morgan fingerprint density at radius 3 is 2.82 bits per heavy atom. The number of rotatable bonds is 2. The van der Waals surface area contributed by atoms with E-state index in [1.165, 1.54) is 6.07 Å². The van der Waals surface area contributed by atoms with Gasteiger partial charge < -0.3 is 9.88 Å². The summed E-state index contributed by atoms with van der Waals surface area (Å²) >= 11 is 0. The predicted octanol–water partition coefficient (Wildman–Crippen LogP) is 2.78. The topological polar surface area (TPSA) is 29.9 Å². The van der Waals surface area contributed by atoms with Gasteiger partial charge in [0.15, 0.2) is 0 Å². The Labute approximate surface area is 125 Å². The summed E-state index contributed by atoms with van der Waals surface area (Å²) in [5.41, 5.74) is -0.139. The first-order chi connectivity index (χ1) is 10.4. The van der Waals surface area contributed by atoms with Gasteiger partial charge in [0.2, 0.25) is 0 Å². The fraction of sp³-hybridized carbons (Fsp3) is 0.400. The van der Waals surface area contributed by atoms with E-state index in [0.717, 1.165) is 37.1 Å². The van der Waals surface area contributed by atoms with Crippen LogP contribution in [0.25, 0.3) is 0 Å². The fourth-order valence-corrected chi connectivity index (χ4v) is 2.75. The second-order valence-corrected chi connectivity index (χ2v) is 5.29. The number of nitrogens with one attached hydrogen (secondary N) is 1. The molecule has 0 saturated heterocycles. The standard InChI is InChI=1S/C15H15F4N3/c16-11-2-1-10(13(8-11)15(17,18)19)7-12-9-21-14-3-4-20-5-6-22(12)14/h1-2,8-9,20H,3-7H2. The van der Waals surface area contributed by atoms with Gasteiger partial charge in [0, 0.05) is 44.4 Å². The Morgan fingerprint density at radius 2 is 2.05 bits per heavy atom. The van der Waals surface area contributed by atoms with E-state index in [2.05, 4.69) is 10.3 Å². The van der Waals surface area contributed by atoms with Gasteiger partial charge in [0.1, 0.15) is 11.6 Å². The minimum atomic E-state index is -4.57. The van der Waals surface area contributed by atoms with Crippen molar-refractivity contribution >= 4 is 0 Å². The number of nitrogens with zero attached hydrogens (tertiary/aromatic N) is 2. The third-order valence-corrected chi connectivity index (χ3v) is 3.81. The zero-order valence-corrected chi connectivity index (χ0v) is 11.8. The Bertz CT molecular complexity index is 676. The quantitative estimate of drug-likeness (QED) is 0.864. The zero-order chi connectivity index (χ0) is 15.7. The van der Waals surface area contributed by atoms with Crippen molar-refractivity contribution in [2.45, 2.75) is 25.6 Å². The molecule has 1 aromatic carbocycles. The number of hydrogen-bond acceptors (Lipinski definition) is 2. The summed E-state index contributed by atoms with van der Waals surface area (Å²) in [7, 11) is 0. The number of aromatic nitrogens is 2. The number of imidazole rings is 1. The van der Waals surface area contributed by atoms with Crippen molar-refractivity contribution in [1.82, 2.24) is 14.9 Å². The third kappa shape index (κ3) is 2.99. The van der Waals surface area contributed by atoms with Crippen LogP contribution >= 0.6 is 0 Å². The van der Waals surface area contributed by atoms with E-state index >= 15 is 0 Å². The SMILES string of the molecule is Fc1ccc(Cc2cnc3n2CCNCC3)c(C(F)(F)F)c1. The van der Waals surface area contributed by atoms with Gasteiger partial charge in [-0.2, -0.15) is 13.2 Å². The Balaban J connectivity index is 1.96. The average molecular weight is 313 g/mol. The fourth-order valence-electron chi connectivity index (χ4n) is 2.75. The smallest absolute Gasteiger partial charge is 0.330 e. The molecule has 1 aliphatic heterocycles. The van der Waals surface area contributed by atoms with E-state index in [1.807, 2.05) is 4.57 Å². The highest BCUT2D eigenvalue weighted by atomic mass is 19.4. The lowest BCUT2D eigenvalue weighted by Gasteiger charge is -2.14. The van der Waals surface area contributed by atoms with Gasteiger partial charge >= 0.3 is 6.18 Å². The molecule has 0 saturated carbocycles. The number of halogens is 4. The van der Waals surface area contributed by atoms with Crippen LogP contribution in [0, 0.1) is 5.82 Å². The first-order valence-corrected chi connectivity index (χ1v) is 7.05. The predicted molar refractivity (Wildman–Crippen MR) is 73.0 cm³/mol. The van der Waals surface area contributed by atoms with Crippen LogP contribution in [0.3, 0.4) is 0 Å². The van der Waals surface area contributed by atoms with E-state index in [0.29, 0.717) is 12.6 Å². The lowest BCUT2D eigenvalue weighted by molar-refractivity contribution is -0.138. The molecule has 118 valence electrons. The van der Waals surface area contributed by atoms with Crippen molar-refractivity contribution in [2.75, 3.05) is 13.1 Å². The van der Waals surface area contributed by atoms with Gasteiger partial charge in [-0.25, -0.2) is 9.37 Å². The Kier molecular flexibility index (Phi) is 3.90. The molecular formula is C15H15F4N3. The van der Waals surface area contributed by atoms with E-state index in [4.69, 9.17) is 0 Å². The molecule has 0 unspecified atom stereocenters. The van der Waals surface area contributed by atoms with Crippen molar-refractivity contribution < 1.29 is 17.6 Å². The second kappa shape index (κ2) is 5.72. The first-order valence-electron chi connectivity index (χ1n) is 7.05. The summed E-state index contributed by atoms with van der Waals surface area (Å²) in [5.74, 6) is -0.0111. The molecule has 22 heavy (non-hydrogen) atoms. The highest BCUT2D eigenvalue weighted by Gasteiger charge is 2.34. The monoisotopic (exact) mass is 313 g/mol. The molecule has 1 aliphatic rings. The molecule has 3 rings (SSSR count). The lowest BCUT2D eigenvalue weighted by Crippen LogP contribution is -2.18. The molecule has 0 fully saturated rings. The van der Waals surface area contributed by atoms with Gasteiger partial charge in [-0.05, 0) is 17.7 Å². The maximum absolute atomic E-state index is 13.2. The summed E-state index contributed by atoms with van der Waals surface area (Å²) in [6.45, 7) is 2.24. The van der Waals surface area contributed by atoms with Gasteiger partial charge in [-0.1, -0.05) is 6.07 Å². The van der Waals surface area contributed by atoms with Crippen molar-refractivity contribution in [3.8, 4) is 0 Å². The molecule has 3 nitrogen and oxygen atoms in total. The van der Waals surface area contributed by atoms with E-state index in [-0.39, 0.29) is 12.0 Å². The van der Waals surface area contributed by atoms with E-state index in [9.17, 15) is 17.6 Å². The molecule has 0 atom stereocenters. The normalized spacial score (nSPS) is 15.5. The molecule has 7 heteroatoms. The van der Waals surface area contributed by atoms with Crippen LogP contribution in [0.4, 0.5) is 17.6 Å². The minimum Gasteiger partial charge on any atom is -0.330 e. The summed E-state index contributed by atoms with van der Waals surface area (Å²) in [5, 5.41) is 3.22. The van der Waals surface area contributed by atoms with E-state index < -0.39 is 17.6 Å². The Hall–Kier alpha value is -1.89. The van der Waals surface area contributed by atoms with Crippen molar-refractivity contribution in [3.63, 3.8) is 0 Å². The van der Waals surface area contributed by atoms with Crippen LogP contribution in [-0.2, 0) is 25.6 Å². The number of benzene rings is 1. The Morgan fingerprint density at radius 1 is 1.23 bits per heavy atom. The third-order valence-electron chi connectivity index (χ3n) is 3.81. The van der Waals surface area contributed by atoms with Gasteiger partial charge in [-0.15, -0.1) is 0 Å². The van der Waals surface area contributed by atoms with Crippen LogP contribution in [0.2, 0.25) is 0 Å². The summed E-state index contributed by atoms with van der Waals surface area (Å²) in [6.07, 6.45) is -2.12. The molecule has 0 aliphatic carbocycles. The van der Waals surface area contributed by atoms with Crippen LogP contribution in [0.15, 0.2) is 24.4 Å². The molecule has 2 aromatic rings. The highest BCUT2D eigenvalue weighted by Crippen LogP contribution is 2.33. The summed E-state index contributed by atoms with van der Waals surface area (Å²) in [6, 6.07) is 2.81. The van der Waals surface area contributed by atoms with Crippen molar-refractivity contribution in [2.24, 2.45) is 0 Å².